The average molecular weight is 295 g/mol. The number of nitrogens with zero attached hydrogens (tertiary/aromatic N) is 2. The molecule has 2 unspecified atom stereocenters. The van der Waals surface area contributed by atoms with Gasteiger partial charge in [0.05, 0.1) is 12.2 Å². The Morgan fingerprint density at radius 1 is 1.29 bits per heavy atom. The number of amides is 1. The van der Waals surface area contributed by atoms with Gasteiger partial charge in [-0.05, 0) is 53.1 Å². The Kier molecular flexibility index (Phi) is 5.31. The van der Waals surface area contributed by atoms with Gasteiger partial charge >= 0.3 is 0 Å². The van der Waals surface area contributed by atoms with Gasteiger partial charge in [0.15, 0.2) is 0 Å². The zero-order valence-electron chi connectivity index (χ0n) is 14.5. The lowest BCUT2D eigenvalue weighted by atomic mass is 9.99. The van der Waals surface area contributed by atoms with Crippen molar-refractivity contribution < 1.29 is 4.79 Å². The molecule has 4 heteroatoms. The van der Waals surface area contributed by atoms with Crippen molar-refractivity contribution in [3.63, 3.8) is 0 Å². The Hall–Kier alpha value is -0.610. The second-order valence-corrected chi connectivity index (χ2v) is 7.67. The quantitative estimate of drug-likeness (QED) is 0.817. The number of rotatable bonds is 6. The third kappa shape index (κ3) is 3.59. The fourth-order valence-corrected chi connectivity index (χ4v) is 3.60. The summed E-state index contributed by atoms with van der Waals surface area (Å²) < 4.78 is 0. The summed E-state index contributed by atoms with van der Waals surface area (Å²) in [5.41, 5.74) is 0.00923. The summed E-state index contributed by atoms with van der Waals surface area (Å²) in [7, 11) is 4.20. The highest BCUT2D eigenvalue weighted by Crippen LogP contribution is 2.33. The molecule has 1 saturated heterocycles. The van der Waals surface area contributed by atoms with Gasteiger partial charge in [0.25, 0.3) is 0 Å². The van der Waals surface area contributed by atoms with Gasteiger partial charge in [0.2, 0.25) is 5.91 Å². The van der Waals surface area contributed by atoms with Crippen LogP contribution in [0.1, 0.15) is 59.3 Å². The highest BCUT2D eigenvalue weighted by Gasteiger charge is 2.44. The van der Waals surface area contributed by atoms with E-state index in [0.717, 1.165) is 19.4 Å². The van der Waals surface area contributed by atoms with E-state index in [1.807, 2.05) is 0 Å². The lowest BCUT2D eigenvalue weighted by molar-refractivity contribution is -0.132. The summed E-state index contributed by atoms with van der Waals surface area (Å²) in [6.45, 7) is 7.41. The van der Waals surface area contributed by atoms with Crippen LogP contribution < -0.4 is 5.32 Å². The number of carbonyl (C=O) groups is 1. The molecule has 0 aromatic rings. The maximum atomic E-state index is 12.8. The van der Waals surface area contributed by atoms with Crippen LogP contribution in [0.25, 0.3) is 0 Å². The maximum Gasteiger partial charge on any atom is 0.241 e. The van der Waals surface area contributed by atoms with Crippen molar-refractivity contribution in [2.24, 2.45) is 5.92 Å². The van der Waals surface area contributed by atoms with E-state index in [9.17, 15) is 4.79 Å². The van der Waals surface area contributed by atoms with Crippen molar-refractivity contribution in [3.8, 4) is 0 Å². The summed E-state index contributed by atoms with van der Waals surface area (Å²) in [5, 5.41) is 3.65. The molecule has 2 fully saturated rings. The Balaban J connectivity index is 2.14. The lowest BCUT2D eigenvalue weighted by Crippen LogP contribution is -2.53. The van der Waals surface area contributed by atoms with E-state index in [2.05, 4.69) is 50.0 Å². The van der Waals surface area contributed by atoms with Crippen LogP contribution in [0, 0.1) is 5.92 Å². The van der Waals surface area contributed by atoms with E-state index in [-0.39, 0.29) is 17.7 Å². The van der Waals surface area contributed by atoms with Crippen molar-refractivity contribution in [2.45, 2.75) is 77.0 Å². The Bertz CT molecular complexity index is 361. The molecule has 0 bridgehead atoms. The SMILES string of the molecule is CCCC1NC(C2CCCC2)N(CC(C)(C)N(C)C)C1=O. The summed E-state index contributed by atoms with van der Waals surface area (Å²) in [5.74, 6) is 0.970. The highest BCUT2D eigenvalue weighted by molar-refractivity contribution is 5.84. The summed E-state index contributed by atoms with van der Waals surface area (Å²) in [6, 6.07) is 0.0403. The highest BCUT2D eigenvalue weighted by atomic mass is 16.2. The monoisotopic (exact) mass is 295 g/mol. The molecule has 1 N–H and O–H groups in total. The molecule has 21 heavy (non-hydrogen) atoms. The van der Waals surface area contributed by atoms with Gasteiger partial charge < -0.3 is 9.80 Å². The topological polar surface area (TPSA) is 35.6 Å². The summed E-state index contributed by atoms with van der Waals surface area (Å²) in [4.78, 5) is 17.2. The Morgan fingerprint density at radius 2 is 1.90 bits per heavy atom. The number of carbonyl (C=O) groups excluding carboxylic acids is 1. The van der Waals surface area contributed by atoms with Crippen LogP contribution in [0.5, 0.6) is 0 Å². The van der Waals surface area contributed by atoms with Gasteiger partial charge in [-0.15, -0.1) is 0 Å². The van der Waals surface area contributed by atoms with E-state index in [0.29, 0.717) is 11.8 Å². The molecule has 2 aliphatic rings. The predicted molar refractivity (Wildman–Crippen MR) is 87.1 cm³/mol. The van der Waals surface area contributed by atoms with Crippen LogP contribution in [0.15, 0.2) is 0 Å². The minimum Gasteiger partial charge on any atom is -0.324 e. The smallest absolute Gasteiger partial charge is 0.241 e. The molecule has 2 atom stereocenters. The third-order valence-corrected chi connectivity index (χ3v) is 5.48. The van der Waals surface area contributed by atoms with Crippen LogP contribution in [-0.2, 0) is 4.79 Å². The van der Waals surface area contributed by atoms with E-state index in [1.165, 1.54) is 25.7 Å². The normalized spacial score (nSPS) is 28.1. The average Bonchev–Trinajstić information content (AvgIpc) is 3.02. The van der Waals surface area contributed by atoms with Crippen molar-refractivity contribution >= 4 is 5.91 Å². The zero-order valence-corrected chi connectivity index (χ0v) is 14.5. The van der Waals surface area contributed by atoms with Gasteiger partial charge in [-0.25, -0.2) is 0 Å². The van der Waals surface area contributed by atoms with E-state index >= 15 is 0 Å². The first-order valence-corrected chi connectivity index (χ1v) is 8.60. The van der Waals surface area contributed by atoms with Crippen LogP contribution in [0.2, 0.25) is 0 Å². The predicted octanol–water partition coefficient (Wildman–Crippen LogP) is 2.44. The minimum absolute atomic E-state index is 0.00923. The molecule has 1 aliphatic carbocycles. The fourth-order valence-electron chi connectivity index (χ4n) is 3.60. The van der Waals surface area contributed by atoms with Crippen LogP contribution in [0.4, 0.5) is 0 Å². The molecule has 0 spiro atoms. The van der Waals surface area contributed by atoms with Gasteiger partial charge in [0, 0.05) is 12.1 Å². The second-order valence-electron chi connectivity index (χ2n) is 7.67. The van der Waals surface area contributed by atoms with Crippen LogP contribution >= 0.6 is 0 Å². The Labute approximate surface area is 130 Å². The van der Waals surface area contributed by atoms with Crippen molar-refractivity contribution in [1.29, 1.82) is 0 Å². The molecule has 2 rings (SSSR count). The molecule has 1 saturated carbocycles. The largest absolute Gasteiger partial charge is 0.324 e. The molecule has 0 radical (unpaired) electrons. The van der Waals surface area contributed by atoms with Crippen molar-refractivity contribution in [3.05, 3.63) is 0 Å². The van der Waals surface area contributed by atoms with Gasteiger partial charge in [-0.1, -0.05) is 26.2 Å². The standard InChI is InChI=1S/C17H33N3O/c1-6-9-14-16(21)20(12-17(2,3)19(4)5)15(18-14)13-10-7-8-11-13/h13-15,18H,6-12H2,1-5H3. The zero-order chi connectivity index (χ0) is 15.6. The van der Waals surface area contributed by atoms with Gasteiger partial charge in [0.1, 0.15) is 0 Å². The van der Waals surface area contributed by atoms with Gasteiger partial charge in [-0.2, -0.15) is 0 Å². The van der Waals surface area contributed by atoms with E-state index in [4.69, 9.17) is 0 Å². The number of hydrogen-bond donors (Lipinski definition) is 1. The first-order chi connectivity index (χ1) is 9.86. The Morgan fingerprint density at radius 3 is 2.43 bits per heavy atom. The summed E-state index contributed by atoms with van der Waals surface area (Å²) >= 11 is 0. The van der Waals surface area contributed by atoms with Gasteiger partial charge in [-0.3, -0.25) is 10.1 Å². The third-order valence-electron chi connectivity index (χ3n) is 5.48. The van der Waals surface area contributed by atoms with Crippen molar-refractivity contribution in [1.82, 2.24) is 15.1 Å². The van der Waals surface area contributed by atoms with Crippen LogP contribution in [-0.4, -0.2) is 54.1 Å². The molecule has 4 nitrogen and oxygen atoms in total. The number of hydrogen-bond acceptors (Lipinski definition) is 3. The van der Waals surface area contributed by atoms with Crippen LogP contribution in [0.3, 0.4) is 0 Å². The van der Waals surface area contributed by atoms with Crippen molar-refractivity contribution in [2.75, 3.05) is 20.6 Å². The van der Waals surface area contributed by atoms with E-state index < -0.39 is 0 Å². The molecule has 1 aliphatic heterocycles. The molecular weight excluding hydrogens is 262 g/mol. The molecular formula is C17H33N3O. The first kappa shape index (κ1) is 16.8. The maximum absolute atomic E-state index is 12.8. The number of nitrogens with one attached hydrogen (secondary N) is 1. The number of likely N-dealkylation sites (N-methyl/N-ethyl adjacent to an activating group) is 1. The second kappa shape index (κ2) is 6.66. The van der Waals surface area contributed by atoms with E-state index in [1.54, 1.807) is 0 Å². The lowest BCUT2D eigenvalue weighted by Gasteiger charge is -2.39. The molecule has 0 aromatic carbocycles. The molecule has 122 valence electrons. The molecule has 0 aromatic heterocycles. The fraction of sp³-hybridized carbons (Fsp3) is 0.941. The molecule has 1 amide bonds. The summed E-state index contributed by atoms with van der Waals surface area (Å²) in [6.07, 6.45) is 7.45. The minimum atomic E-state index is 0.00923. The first-order valence-electron chi connectivity index (χ1n) is 8.60. The molecule has 1 heterocycles.